The standard InChI is InChI=1S/C16H23NO/c1-11-8-12-9-15(18)14-5-3-7-17-6-2-4-13(12)16(14,17)10-11/h4,11-12,14H,2-3,5-10H2,1H3/t11-,12+,14+,16+/m0/s1. The molecule has 2 aliphatic carbocycles. The van der Waals surface area contributed by atoms with Crippen molar-refractivity contribution in [3.05, 3.63) is 11.6 Å². The van der Waals surface area contributed by atoms with Crippen LogP contribution in [0.2, 0.25) is 0 Å². The number of ketones is 1. The van der Waals surface area contributed by atoms with Gasteiger partial charge in [0.05, 0.1) is 5.54 Å². The molecule has 1 spiro atoms. The molecule has 98 valence electrons. The highest BCUT2D eigenvalue weighted by Crippen LogP contribution is 2.57. The number of piperidine rings is 1. The van der Waals surface area contributed by atoms with Crippen molar-refractivity contribution in [3.63, 3.8) is 0 Å². The van der Waals surface area contributed by atoms with Crippen molar-refractivity contribution in [1.82, 2.24) is 4.90 Å². The fourth-order valence-electron chi connectivity index (χ4n) is 5.53. The molecule has 0 unspecified atom stereocenters. The molecule has 2 heteroatoms. The lowest BCUT2D eigenvalue weighted by molar-refractivity contribution is -0.139. The second-order valence-corrected chi connectivity index (χ2v) is 6.97. The molecule has 0 radical (unpaired) electrons. The number of nitrogens with zero attached hydrogens (tertiary/aromatic N) is 1. The van der Waals surface area contributed by atoms with E-state index in [2.05, 4.69) is 17.9 Å². The maximum absolute atomic E-state index is 12.5. The Morgan fingerprint density at radius 1 is 1.39 bits per heavy atom. The van der Waals surface area contributed by atoms with E-state index in [0.29, 0.717) is 17.6 Å². The van der Waals surface area contributed by atoms with Gasteiger partial charge in [0.1, 0.15) is 5.78 Å². The van der Waals surface area contributed by atoms with Crippen LogP contribution in [0, 0.1) is 17.8 Å². The van der Waals surface area contributed by atoms with Gasteiger partial charge in [0, 0.05) is 18.9 Å². The largest absolute Gasteiger partial charge is 0.299 e. The van der Waals surface area contributed by atoms with Gasteiger partial charge in [0.15, 0.2) is 0 Å². The molecule has 4 rings (SSSR count). The van der Waals surface area contributed by atoms with Crippen LogP contribution in [-0.4, -0.2) is 29.3 Å². The van der Waals surface area contributed by atoms with Gasteiger partial charge < -0.3 is 0 Å². The highest BCUT2D eigenvalue weighted by Gasteiger charge is 2.59. The van der Waals surface area contributed by atoms with E-state index >= 15 is 0 Å². The first kappa shape index (κ1) is 11.2. The number of Topliss-reactive ketones (excluding diaryl/α,β-unsaturated/α-hetero) is 1. The molecular formula is C16H23NO. The van der Waals surface area contributed by atoms with Crippen molar-refractivity contribution in [3.8, 4) is 0 Å². The molecule has 0 aromatic heterocycles. The molecule has 18 heavy (non-hydrogen) atoms. The van der Waals surface area contributed by atoms with Crippen LogP contribution in [0.4, 0.5) is 0 Å². The molecule has 0 N–H and O–H groups in total. The van der Waals surface area contributed by atoms with Crippen LogP contribution >= 0.6 is 0 Å². The lowest BCUT2D eigenvalue weighted by Crippen LogP contribution is -2.67. The summed E-state index contributed by atoms with van der Waals surface area (Å²) in [6.45, 7) is 4.81. The van der Waals surface area contributed by atoms with E-state index in [9.17, 15) is 4.79 Å². The third-order valence-electron chi connectivity index (χ3n) is 5.95. The van der Waals surface area contributed by atoms with E-state index in [1.807, 2.05) is 0 Å². The maximum atomic E-state index is 12.5. The number of hydrogen-bond acceptors (Lipinski definition) is 2. The Kier molecular flexibility index (Phi) is 2.30. The second-order valence-electron chi connectivity index (χ2n) is 6.97. The van der Waals surface area contributed by atoms with Crippen LogP contribution in [0.15, 0.2) is 11.6 Å². The smallest absolute Gasteiger partial charge is 0.138 e. The van der Waals surface area contributed by atoms with Crippen molar-refractivity contribution in [2.45, 2.75) is 51.0 Å². The van der Waals surface area contributed by atoms with Gasteiger partial charge in [-0.25, -0.2) is 0 Å². The molecule has 4 atom stereocenters. The average Bonchev–Trinajstić information content (AvgIpc) is 2.33. The summed E-state index contributed by atoms with van der Waals surface area (Å²) < 4.78 is 0. The third kappa shape index (κ3) is 1.25. The third-order valence-corrected chi connectivity index (χ3v) is 5.95. The molecular weight excluding hydrogens is 222 g/mol. The first-order chi connectivity index (χ1) is 8.72. The molecule has 0 amide bonds. The summed E-state index contributed by atoms with van der Waals surface area (Å²) in [4.78, 5) is 15.2. The molecule has 2 bridgehead atoms. The molecule has 2 heterocycles. The van der Waals surface area contributed by atoms with Gasteiger partial charge in [-0.05, 0) is 56.1 Å². The summed E-state index contributed by atoms with van der Waals surface area (Å²) in [5.41, 5.74) is 1.85. The Bertz CT molecular complexity index is 427. The normalized spacial score (nSPS) is 47.5. The van der Waals surface area contributed by atoms with Gasteiger partial charge in [-0.2, -0.15) is 0 Å². The van der Waals surface area contributed by atoms with Gasteiger partial charge in [-0.15, -0.1) is 0 Å². The quantitative estimate of drug-likeness (QED) is 0.612. The van der Waals surface area contributed by atoms with Crippen molar-refractivity contribution in [2.24, 2.45) is 17.8 Å². The summed E-state index contributed by atoms with van der Waals surface area (Å²) >= 11 is 0. The lowest BCUT2D eigenvalue weighted by atomic mass is 9.52. The van der Waals surface area contributed by atoms with Gasteiger partial charge >= 0.3 is 0 Å². The number of hydrogen-bond donors (Lipinski definition) is 0. The van der Waals surface area contributed by atoms with Crippen LogP contribution in [0.1, 0.15) is 45.4 Å². The van der Waals surface area contributed by atoms with Crippen LogP contribution in [0.25, 0.3) is 0 Å². The Labute approximate surface area is 109 Å². The minimum absolute atomic E-state index is 0.175. The van der Waals surface area contributed by atoms with E-state index in [1.54, 1.807) is 5.57 Å². The molecule has 2 saturated carbocycles. The minimum Gasteiger partial charge on any atom is -0.299 e. The second kappa shape index (κ2) is 3.69. The van der Waals surface area contributed by atoms with E-state index < -0.39 is 0 Å². The predicted octanol–water partition coefficient (Wildman–Crippen LogP) is 2.79. The number of carbonyl (C=O) groups excluding carboxylic acids is 1. The van der Waals surface area contributed by atoms with Crippen LogP contribution in [-0.2, 0) is 4.79 Å². The van der Waals surface area contributed by atoms with Crippen molar-refractivity contribution in [1.29, 1.82) is 0 Å². The molecule has 0 aromatic carbocycles. The fraction of sp³-hybridized carbons (Fsp3) is 0.812. The van der Waals surface area contributed by atoms with E-state index in [0.717, 1.165) is 18.8 Å². The maximum Gasteiger partial charge on any atom is 0.138 e. The van der Waals surface area contributed by atoms with Gasteiger partial charge in [0.2, 0.25) is 0 Å². The zero-order valence-corrected chi connectivity index (χ0v) is 11.3. The summed E-state index contributed by atoms with van der Waals surface area (Å²) in [5, 5.41) is 0. The van der Waals surface area contributed by atoms with Crippen LogP contribution in [0.5, 0.6) is 0 Å². The summed E-state index contributed by atoms with van der Waals surface area (Å²) in [5.74, 6) is 2.28. The summed E-state index contributed by atoms with van der Waals surface area (Å²) in [6.07, 6.45) is 9.43. The SMILES string of the molecule is C[C@H]1C[C@@H]2CC(=O)[C@H]3CCCN4CCC=C2[C@]34C1. The highest BCUT2D eigenvalue weighted by atomic mass is 16.1. The topological polar surface area (TPSA) is 20.3 Å². The first-order valence-corrected chi connectivity index (χ1v) is 7.70. The molecule has 1 saturated heterocycles. The van der Waals surface area contributed by atoms with Crippen molar-refractivity contribution >= 4 is 5.78 Å². The van der Waals surface area contributed by atoms with Gasteiger partial charge in [-0.3, -0.25) is 9.69 Å². The zero-order valence-electron chi connectivity index (χ0n) is 11.3. The van der Waals surface area contributed by atoms with Crippen LogP contribution < -0.4 is 0 Å². The van der Waals surface area contributed by atoms with E-state index in [1.165, 1.54) is 38.8 Å². The molecule has 3 fully saturated rings. The average molecular weight is 245 g/mol. The zero-order chi connectivity index (χ0) is 12.3. The summed E-state index contributed by atoms with van der Waals surface area (Å²) in [7, 11) is 0. The molecule has 4 aliphatic rings. The molecule has 0 aromatic rings. The fourth-order valence-corrected chi connectivity index (χ4v) is 5.53. The monoisotopic (exact) mass is 245 g/mol. The highest BCUT2D eigenvalue weighted by molar-refractivity contribution is 5.86. The van der Waals surface area contributed by atoms with Crippen molar-refractivity contribution < 1.29 is 4.79 Å². The molecule has 2 aliphatic heterocycles. The first-order valence-electron chi connectivity index (χ1n) is 7.70. The van der Waals surface area contributed by atoms with E-state index in [-0.39, 0.29) is 5.54 Å². The Hall–Kier alpha value is -0.630. The summed E-state index contributed by atoms with van der Waals surface area (Å²) in [6, 6.07) is 0. The predicted molar refractivity (Wildman–Crippen MR) is 71.2 cm³/mol. The molecule has 2 nitrogen and oxygen atoms in total. The van der Waals surface area contributed by atoms with E-state index in [4.69, 9.17) is 0 Å². The number of rotatable bonds is 0. The Morgan fingerprint density at radius 2 is 2.28 bits per heavy atom. The van der Waals surface area contributed by atoms with Crippen LogP contribution in [0.3, 0.4) is 0 Å². The van der Waals surface area contributed by atoms with Crippen molar-refractivity contribution in [2.75, 3.05) is 13.1 Å². The van der Waals surface area contributed by atoms with Gasteiger partial charge in [0.25, 0.3) is 0 Å². The van der Waals surface area contributed by atoms with Gasteiger partial charge in [-0.1, -0.05) is 13.0 Å². The Morgan fingerprint density at radius 3 is 3.17 bits per heavy atom. The minimum atomic E-state index is 0.175. The Balaban J connectivity index is 1.88. The lowest BCUT2D eigenvalue weighted by Gasteiger charge is -2.62. The number of carbonyl (C=O) groups is 1.